The normalized spacial score (nSPS) is 15.0. The molecular formula is C17H20FN3O3. The highest BCUT2D eigenvalue weighted by atomic mass is 19.1. The first kappa shape index (κ1) is 16.3. The summed E-state index contributed by atoms with van der Waals surface area (Å²) in [5.74, 6) is -0.627. The van der Waals surface area contributed by atoms with Gasteiger partial charge in [-0.15, -0.1) is 0 Å². The highest BCUT2D eigenvalue weighted by Crippen LogP contribution is 2.26. The van der Waals surface area contributed by atoms with Crippen LogP contribution in [0.25, 0.3) is 10.9 Å². The summed E-state index contributed by atoms with van der Waals surface area (Å²) in [6.07, 6.45) is -0.362. The maximum absolute atomic E-state index is 14.2. The molecule has 0 bridgehead atoms. The number of amides is 2. The van der Waals surface area contributed by atoms with Gasteiger partial charge in [-0.3, -0.25) is 4.79 Å². The first-order valence-corrected chi connectivity index (χ1v) is 8.00. The molecule has 0 spiro atoms. The van der Waals surface area contributed by atoms with Gasteiger partial charge in [0, 0.05) is 42.8 Å². The number of carbonyl (C=O) groups excluding carboxylic acids is 2. The van der Waals surface area contributed by atoms with Crippen LogP contribution in [-0.4, -0.2) is 59.6 Å². The second kappa shape index (κ2) is 6.51. The molecule has 1 aromatic carbocycles. The van der Waals surface area contributed by atoms with Crippen LogP contribution in [0.3, 0.4) is 0 Å². The number of hydrogen-bond donors (Lipinski definition) is 1. The molecule has 1 aliphatic rings. The molecule has 3 rings (SSSR count). The number of aromatic amines is 1. The van der Waals surface area contributed by atoms with E-state index in [1.165, 1.54) is 6.07 Å². The molecule has 2 amide bonds. The zero-order chi connectivity index (χ0) is 17.3. The number of piperazine rings is 1. The number of ether oxygens (including phenoxy) is 1. The second-order valence-corrected chi connectivity index (χ2v) is 5.77. The number of aromatic nitrogens is 1. The quantitative estimate of drug-likeness (QED) is 0.918. The molecule has 24 heavy (non-hydrogen) atoms. The van der Waals surface area contributed by atoms with E-state index in [-0.39, 0.29) is 12.0 Å². The molecule has 2 aromatic rings. The van der Waals surface area contributed by atoms with Crippen molar-refractivity contribution < 1.29 is 18.7 Å². The third-order valence-corrected chi connectivity index (χ3v) is 4.27. The number of nitrogens with one attached hydrogen (secondary N) is 1. The van der Waals surface area contributed by atoms with Crippen molar-refractivity contribution >= 4 is 22.9 Å². The Hall–Kier alpha value is -2.57. The van der Waals surface area contributed by atoms with Crippen molar-refractivity contribution in [2.45, 2.75) is 13.8 Å². The largest absolute Gasteiger partial charge is 0.450 e. The number of aryl methyl sites for hydroxylation is 1. The number of halogens is 1. The Balaban J connectivity index is 1.79. The molecule has 1 saturated heterocycles. The topological polar surface area (TPSA) is 65.6 Å². The highest BCUT2D eigenvalue weighted by molar-refractivity contribution is 6.08. The van der Waals surface area contributed by atoms with E-state index in [0.717, 1.165) is 0 Å². The van der Waals surface area contributed by atoms with Crippen LogP contribution < -0.4 is 0 Å². The zero-order valence-electron chi connectivity index (χ0n) is 13.8. The van der Waals surface area contributed by atoms with Crippen molar-refractivity contribution in [1.82, 2.24) is 14.8 Å². The fourth-order valence-corrected chi connectivity index (χ4v) is 3.07. The lowest BCUT2D eigenvalue weighted by molar-refractivity contribution is 0.0571. The Bertz CT molecular complexity index is 779. The molecule has 128 valence electrons. The van der Waals surface area contributed by atoms with E-state index in [0.29, 0.717) is 54.9 Å². The minimum absolute atomic E-state index is 0.215. The molecule has 1 N–H and O–H groups in total. The number of fused-ring (bicyclic) bond motifs is 1. The third kappa shape index (κ3) is 2.81. The minimum Gasteiger partial charge on any atom is -0.450 e. The number of rotatable bonds is 2. The van der Waals surface area contributed by atoms with Gasteiger partial charge in [-0.05, 0) is 26.0 Å². The van der Waals surface area contributed by atoms with Gasteiger partial charge in [0.05, 0.1) is 12.2 Å². The van der Waals surface area contributed by atoms with Crippen LogP contribution in [0.1, 0.15) is 23.0 Å². The minimum atomic E-state index is -0.412. The van der Waals surface area contributed by atoms with E-state index in [1.807, 2.05) is 0 Å². The maximum Gasteiger partial charge on any atom is 0.409 e. The second-order valence-electron chi connectivity index (χ2n) is 5.77. The van der Waals surface area contributed by atoms with Crippen LogP contribution in [0.2, 0.25) is 0 Å². The van der Waals surface area contributed by atoms with Gasteiger partial charge in [0.15, 0.2) is 0 Å². The van der Waals surface area contributed by atoms with Gasteiger partial charge in [-0.2, -0.15) is 0 Å². The van der Waals surface area contributed by atoms with E-state index in [2.05, 4.69) is 4.98 Å². The Morgan fingerprint density at radius 3 is 2.54 bits per heavy atom. The van der Waals surface area contributed by atoms with Crippen LogP contribution in [-0.2, 0) is 4.74 Å². The number of H-pyrrole nitrogens is 1. The lowest BCUT2D eigenvalue weighted by atomic mass is 10.1. The maximum atomic E-state index is 14.2. The van der Waals surface area contributed by atoms with Gasteiger partial charge in [0.1, 0.15) is 5.82 Å². The summed E-state index contributed by atoms with van der Waals surface area (Å²) in [5.41, 5.74) is 1.63. The lowest BCUT2D eigenvalue weighted by Gasteiger charge is -2.34. The molecular weight excluding hydrogens is 313 g/mol. The highest BCUT2D eigenvalue weighted by Gasteiger charge is 2.28. The fraction of sp³-hybridized carbons (Fsp3) is 0.412. The lowest BCUT2D eigenvalue weighted by Crippen LogP contribution is -2.50. The third-order valence-electron chi connectivity index (χ3n) is 4.27. The fourth-order valence-electron chi connectivity index (χ4n) is 3.07. The van der Waals surface area contributed by atoms with E-state index in [9.17, 15) is 14.0 Å². The molecule has 6 nitrogen and oxygen atoms in total. The molecule has 1 fully saturated rings. The predicted octanol–water partition coefficient (Wildman–Crippen LogP) is 2.53. The van der Waals surface area contributed by atoms with Crippen molar-refractivity contribution in [3.63, 3.8) is 0 Å². The monoisotopic (exact) mass is 333 g/mol. The SMILES string of the molecule is CCOC(=O)N1CCN(C(=O)c2c(C)[nH]c3cccc(F)c23)CC1. The molecule has 1 aliphatic heterocycles. The Morgan fingerprint density at radius 1 is 1.21 bits per heavy atom. The summed E-state index contributed by atoms with van der Waals surface area (Å²) >= 11 is 0. The first-order chi connectivity index (χ1) is 11.5. The molecule has 2 heterocycles. The Labute approximate surface area is 139 Å². The summed E-state index contributed by atoms with van der Waals surface area (Å²) in [5, 5.41) is 0.327. The molecule has 7 heteroatoms. The van der Waals surface area contributed by atoms with Crippen molar-refractivity contribution in [2.75, 3.05) is 32.8 Å². The number of benzene rings is 1. The van der Waals surface area contributed by atoms with Crippen LogP contribution in [0.15, 0.2) is 18.2 Å². The van der Waals surface area contributed by atoms with Gasteiger partial charge in [0.25, 0.3) is 5.91 Å². The van der Waals surface area contributed by atoms with Gasteiger partial charge in [-0.1, -0.05) is 6.07 Å². The summed E-state index contributed by atoms with van der Waals surface area (Å²) in [7, 11) is 0. The van der Waals surface area contributed by atoms with Gasteiger partial charge < -0.3 is 19.5 Å². The van der Waals surface area contributed by atoms with E-state index < -0.39 is 5.82 Å². The van der Waals surface area contributed by atoms with E-state index in [1.54, 1.807) is 35.8 Å². The molecule has 0 aliphatic carbocycles. The zero-order valence-corrected chi connectivity index (χ0v) is 13.8. The molecule has 1 aromatic heterocycles. The molecule has 0 atom stereocenters. The van der Waals surface area contributed by atoms with Crippen LogP contribution in [0.5, 0.6) is 0 Å². The van der Waals surface area contributed by atoms with Crippen LogP contribution >= 0.6 is 0 Å². The number of nitrogens with zero attached hydrogens (tertiary/aromatic N) is 2. The average Bonchev–Trinajstić information content (AvgIpc) is 2.92. The van der Waals surface area contributed by atoms with Crippen LogP contribution in [0, 0.1) is 12.7 Å². The van der Waals surface area contributed by atoms with Gasteiger partial charge >= 0.3 is 6.09 Å². The summed E-state index contributed by atoms with van der Waals surface area (Å²) in [6.45, 7) is 5.47. The summed E-state index contributed by atoms with van der Waals surface area (Å²) < 4.78 is 19.2. The Morgan fingerprint density at radius 2 is 1.88 bits per heavy atom. The van der Waals surface area contributed by atoms with E-state index >= 15 is 0 Å². The van der Waals surface area contributed by atoms with Gasteiger partial charge in [0.2, 0.25) is 0 Å². The van der Waals surface area contributed by atoms with Gasteiger partial charge in [-0.25, -0.2) is 9.18 Å². The summed E-state index contributed by atoms with van der Waals surface area (Å²) in [6, 6.07) is 4.71. The molecule has 0 unspecified atom stereocenters. The number of hydrogen-bond acceptors (Lipinski definition) is 3. The van der Waals surface area contributed by atoms with E-state index in [4.69, 9.17) is 4.74 Å². The van der Waals surface area contributed by atoms with Crippen molar-refractivity contribution in [1.29, 1.82) is 0 Å². The number of carbonyl (C=O) groups is 2. The average molecular weight is 333 g/mol. The summed E-state index contributed by atoms with van der Waals surface area (Å²) in [4.78, 5) is 30.9. The van der Waals surface area contributed by atoms with Crippen molar-refractivity contribution in [3.8, 4) is 0 Å². The first-order valence-electron chi connectivity index (χ1n) is 8.00. The van der Waals surface area contributed by atoms with Crippen molar-refractivity contribution in [3.05, 3.63) is 35.3 Å². The van der Waals surface area contributed by atoms with Crippen molar-refractivity contribution in [2.24, 2.45) is 0 Å². The molecule has 0 saturated carbocycles. The van der Waals surface area contributed by atoms with Crippen LogP contribution in [0.4, 0.5) is 9.18 Å². The standard InChI is InChI=1S/C17H20FN3O3/c1-3-24-17(23)21-9-7-20(8-10-21)16(22)14-11(2)19-13-6-4-5-12(18)15(13)14/h4-6,19H,3,7-10H2,1-2H3. The molecule has 0 radical (unpaired) electrons. The smallest absolute Gasteiger partial charge is 0.409 e. The predicted molar refractivity (Wildman–Crippen MR) is 87.5 cm³/mol. The Kier molecular flexibility index (Phi) is 4.42.